The first kappa shape index (κ1) is 24.3. The van der Waals surface area contributed by atoms with Crippen molar-refractivity contribution in [3.05, 3.63) is 34.9 Å². The third-order valence-corrected chi connectivity index (χ3v) is 7.98. The minimum atomic E-state index is -0.398. The van der Waals surface area contributed by atoms with Gasteiger partial charge in [0.05, 0.1) is 38.4 Å². The maximum absolute atomic E-state index is 12.8. The van der Waals surface area contributed by atoms with E-state index in [1.807, 2.05) is 24.3 Å². The second kappa shape index (κ2) is 9.91. The topological polar surface area (TPSA) is 82.3 Å². The molecule has 8 nitrogen and oxygen atoms in total. The first-order valence-electron chi connectivity index (χ1n) is 12.2. The number of carbonyl (C=O) groups excluding carboxylic acids is 1. The van der Waals surface area contributed by atoms with Gasteiger partial charge in [0.1, 0.15) is 23.4 Å². The summed E-state index contributed by atoms with van der Waals surface area (Å²) in [5.74, 6) is -0.0116. The molecule has 1 aliphatic carbocycles. The molecule has 1 amide bonds. The number of carbonyl (C=O) groups is 1. The van der Waals surface area contributed by atoms with Crippen LogP contribution in [0.25, 0.3) is 0 Å². The Morgan fingerprint density at radius 3 is 2.65 bits per heavy atom. The van der Waals surface area contributed by atoms with Crippen LogP contribution in [0.3, 0.4) is 0 Å². The van der Waals surface area contributed by atoms with Crippen molar-refractivity contribution in [3.8, 4) is 0 Å². The quantitative estimate of drug-likeness (QED) is 0.403. The van der Waals surface area contributed by atoms with Gasteiger partial charge in [-0.2, -0.15) is 0 Å². The van der Waals surface area contributed by atoms with Crippen molar-refractivity contribution in [2.24, 2.45) is 5.92 Å². The van der Waals surface area contributed by atoms with E-state index in [2.05, 4.69) is 6.92 Å². The van der Waals surface area contributed by atoms with E-state index in [-0.39, 0.29) is 35.9 Å². The second-order valence-electron chi connectivity index (χ2n) is 9.85. The first-order chi connectivity index (χ1) is 16.4. The zero-order valence-corrected chi connectivity index (χ0v) is 20.6. The summed E-state index contributed by atoms with van der Waals surface area (Å²) in [5, 5.41) is 0.719. The van der Waals surface area contributed by atoms with Gasteiger partial charge >= 0.3 is 6.09 Å². The Kier molecular flexibility index (Phi) is 7.08. The van der Waals surface area contributed by atoms with Crippen LogP contribution in [0.1, 0.15) is 31.7 Å². The number of halogens is 1. The lowest BCUT2D eigenvalue weighted by Gasteiger charge is -2.43. The van der Waals surface area contributed by atoms with Crippen molar-refractivity contribution in [2.45, 2.75) is 62.3 Å². The summed E-state index contributed by atoms with van der Waals surface area (Å²) in [4.78, 5) is 14.5. The predicted octanol–water partition coefficient (Wildman–Crippen LogP) is 3.44. The third kappa shape index (κ3) is 4.94. The summed E-state index contributed by atoms with van der Waals surface area (Å²) >= 11 is 5.94. The molecule has 0 bridgehead atoms. The highest BCUT2D eigenvalue weighted by Crippen LogP contribution is 2.59. The van der Waals surface area contributed by atoms with Crippen LogP contribution in [0.5, 0.6) is 0 Å². The van der Waals surface area contributed by atoms with Gasteiger partial charge in [-0.05, 0) is 43.9 Å². The molecule has 1 aromatic rings. The van der Waals surface area contributed by atoms with Gasteiger partial charge in [-0.25, -0.2) is 4.79 Å². The Morgan fingerprint density at radius 2 is 1.97 bits per heavy atom. The van der Waals surface area contributed by atoms with Crippen molar-refractivity contribution in [3.63, 3.8) is 0 Å². The number of benzene rings is 1. The first-order valence-corrected chi connectivity index (χ1v) is 12.5. The molecule has 0 N–H and O–H groups in total. The zero-order valence-electron chi connectivity index (χ0n) is 19.9. The van der Waals surface area contributed by atoms with Crippen LogP contribution in [0, 0.1) is 5.92 Å². The number of hydrogen-bond acceptors (Lipinski definition) is 7. The highest BCUT2D eigenvalue weighted by atomic mass is 35.5. The molecule has 1 aromatic carbocycles. The van der Waals surface area contributed by atoms with E-state index in [1.165, 1.54) is 0 Å². The molecule has 0 radical (unpaired) electrons. The lowest BCUT2D eigenvalue weighted by Crippen LogP contribution is -2.56. The van der Waals surface area contributed by atoms with Gasteiger partial charge < -0.3 is 33.3 Å². The number of hydrogen-bond donors (Lipinski definition) is 0. The number of ether oxygens (including phenoxy) is 6. The molecule has 34 heavy (non-hydrogen) atoms. The molecule has 6 atom stereocenters. The van der Waals surface area contributed by atoms with Crippen LogP contribution in [0.4, 0.5) is 4.79 Å². The van der Waals surface area contributed by atoms with E-state index in [9.17, 15) is 4.79 Å². The third-order valence-electron chi connectivity index (χ3n) is 7.72. The lowest BCUT2D eigenvalue weighted by atomic mass is 9.68. The monoisotopic (exact) mass is 495 g/mol. The summed E-state index contributed by atoms with van der Waals surface area (Å²) in [7, 11) is 1.69. The Hall–Kier alpha value is -1.42. The van der Waals surface area contributed by atoms with Crippen molar-refractivity contribution >= 4 is 17.7 Å². The number of morpholine rings is 1. The highest BCUT2D eigenvalue weighted by molar-refractivity contribution is 6.30. The number of nitrogens with zero attached hydrogens (tertiary/aromatic N) is 1. The Morgan fingerprint density at radius 1 is 1.24 bits per heavy atom. The minimum absolute atomic E-state index is 0.0116. The van der Waals surface area contributed by atoms with E-state index in [4.69, 9.17) is 40.0 Å². The largest absolute Gasteiger partial charge is 0.443 e. The van der Waals surface area contributed by atoms with Crippen LogP contribution >= 0.6 is 11.6 Å². The molecule has 6 unspecified atom stereocenters. The fourth-order valence-corrected chi connectivity index (χ4v) is 5.83. The van der Waals surface area contributed by atoms with Crippen LogP contribution in [0.2, 0.25) is 5.02 Å². The number of epoxide rings is 2. The number of rotatable bonds is 8. The summed E-state index contributed by atoms with van der Waals surface area (Å²) in [6.45, 7) is 6.15. The maximum atomic E-state index is 12.8. The number of amides is 1. The Bertz CT molecular complexity index is 857. The van der Waals surface area contributed by atoms with E-state index >= 15 is 0 Å². The molecule has 4 fully saturated rings. The van der Waals surface area contributed by atoms with Crippen LogP contribution < -0.4 is 0 Å². The molecular weight excluding hydrogens is 462 g/mol. The second-order valence-corrected chi connectivity index (χ2v) is 10.3. The van der Waals surface area contributed by atoms with E-state index < -0.39 is 5.60 Å². The average molecular weight is 496 g/mol. The van der Waals surface area contributed by atoms with E-state index in [0.29, 0.717) is 46.1 Å². The van der Waals surface area contributed by atoms with Crippen LogP contribution in [-0.4, -0.2) is 87.1 Å². The molecule has 1 saturated carbocycles. The minimum Gasteiger partial charge on any atom is -0.443 e. The average Bonchev–Trinajstić information content (AvgIpc) is 3.77. The van der Waals surface area contributed by atoms with Gasteiger partial charge in [-0.15, -0.1) is 0 Å². The van der Waals surface area contributed by atoms with E-state index in [0.717, 1.165) is 29.8 Å². The van der Waals surface area contributed by atoms with Gasteiger partial charge in [-0.3, -0.25) is 0 Å². The fourth-order valence-electron chi connectivity index (χ4n) is 5.70. The van der Waals surface area contributed by atoms with Gasteiger partial charge in [-0.1, -0.05) is 23.7 Å². The van der Waals surface area contributed by atoms with Crippen molar-refractivity contribution in [1.82, 2.24) is 4.90 Å². The van der Waals surface area contributed by atoms with Crippen LogP contribution in [-0.2, 0) is 35.0 Å². The normalized spacial score (nSPS) is 37.0. The number of methoxy groups -OCH3 is 1. The standard InChI is InChI=1S/C25H34ClNO7/c1-24(20(34-24)8-12-31-15-17-3-5-18(26)6-4-17)22-21(29-2)19(7-9-25(22)16-32-25)33-23(28)27-10-13-30-14-11-27/h3-6,19-22H,7-16H2,1-2H3. The van der Waals surface area contributed by atoms with E-state index in [1.54, 1.807) is 12.0 Å². The Labute approximate surface area is 205 Å². The highest BCUT2D eigenvalue weighted by Gasteiger charge is 2.72. The van der Waals surface area contributed by atoms with Crippen molar-refractivity contribution < 1.29 is 33.2 Å². The van der Waals surface area contributed by atoms with Crippen molar-refractivity contribution in [2.75, 3.05) is 46.6 Å². The smallest absolute Gasteiger partial charge is 0.410 e. The summed E-state index contributed by atoms with van der Waals surface area (Å²) in [6.07, 6.45) is 1.47. The summed E-state index contributed by atoms with van der Waals surface area (Å²) < 4.78 is 35.4. The lowest BCUT2D eigenvalue weighted by molar-refractivity contribution is -0.123. The predicted molar refractivity (Wildman–Crippen MR) is 124 cm³/mol. The molecule has 5 rings (SSSR count). The molecule has 0 aromatic heterocycles. The Balaban J connectivity index is 1.18. The summed E-state index contributed by atoms with van der Waals surface area (Å²) in [6, 6.07) is 7.68. The summed E-state index contributed by atoms with van der Waals surface area (Å²) in [5.41, 5.74) is 0.437. The van der Waals surface area contributed by atoms with Gasteiger partial charge in [0.2, 0.25) is 0 Å². The molecule has 3 aliphatic heterocycles. The molecule has 3 saturated heterocycles. The molecule has 188 valence electrons. The molecule has 1 spiro atoms. The molecule has 3 heterocycles. The molecule has 4 aliphatic rings. The fraction of sp³-hybridized carbons (Fsp3) is 0.720. The SMILES string of the molecule is COC1C(OC(=O)N2CCOCC2)CCC2(CO2)C1C1(C)OC1CCOCc1ccc(Cl)cc1. The molecule has 9 heteroatoms. The van der Waals surface area contributed by atoms with Gasteiger partial charge in [0.25, 0.3) is 0 Å². The zero-order chi connectivity index (χ0) is 23.8. The van der Waals surface area contributed by atoms with Crippen LogP contribution in [0.15, 0.2) is 24.3 Å². The molecular formula is C25H34ClNO7. The van der Waals surface area contributed by atoms with Gasteiger partial charge in [0.15, 0.2) is 0 Å². The maximum Gasteiger partial charge on any atom is 0.410 e. The van der Waals surface area contributed by atoms with Crippen molar-refractivity contribution in [1.29, 1.82) is 0 Å². The van der Waals surface area contributed by atoms with Gasteiger partial charge in [0, 0.05) is 31.8 Å².